The number of nitro benzene ring substituents is 1. The second-order valence-corrected chi connectivity index (χ2v) is 4.00. The monoisotopic (exact) mass is 277 g/mol. The molecule has 0 radical (unpaired) electrons. The molecule has 0 aliphatic carbocycles. The van der Waals surface area contributed by atoms with Crippen LogP contribution >= 0.6 is 0 Å². The second kappa shape index (κ2) is 5.98. The minimum atomic E-state index is -0.535. The van der Waals surface area contributed by atoms with Crippen molar-refractivity contribution in [3.05, 3.63) is 64.0 Å². The summed E-state index contributed by atoms with van der Waals surface area (Å²) in [6.45, 7) is 0.149. The Kier molecular flexibility index (Phi) is 4.11. The van der Waals surface area contributed by atoms with Crippen LogP contribution in [0.25, 0.3) is 0 Å². The predicted octanol–water partition coefficient (Wildman–Crippen LogP) is 2.60. The number of nitrogens with one attached hydrogen (secondary N) is 1. The van der Waals surface area contributed by atoms with Crippen molar-refractivity contribution < 1.29 is 14.1 Å². The first-order valence-corrected chi connectivity index (χ1v) is 5.72. The summed E-state index contributed by atoms with van der Waals surface area (Å²) in [6.07, 6.45) is 0. The molecule has 0 fully saturated rings. The van der Waals surface area contributed by atoms with Gasteiger partial charge in [-0.2, -0.15) is 0 Å². The molecule has 7 heteroatoms. The van der Waals surface area contributed by atoms with Crippen LogP contribution in [0, 0.1) is 15.9 Å². The van der Waals surface area contributed by atoms with Crippen LogP contribution in [0.1, 0.15) is 5.56 Å². The maximum atomic E-state index is 13.0. The zero-order valence-electron chi connectivity index (χ0n) is 10.4. The number of hydrazine groups is 1. The Balaban J connectivity index is 2.12. The molecule has 0 bridgehead atoms. The van der Waals surface area contributed by atoms with Crippen LogP contribution < -0.4 is 16.0 Å². The van der Waals surface area contributed by atoms with E-state index in [4.69, 9.17) is 10.6 Å². The van der Waals surface area contributed by atoms with Gasteiger partial charge in [-0.05, 0) is 29.8 Å². The zero-order valence-corrected chi connectivity index (χ0v) is 10.4. The van der Waals surface area contributed by atoms with Gasteiger partial charge in [0.25, 0.3) is 5.69 Å². The first kappa shape index (κ1) is 13.8. The van der Waals surface area contributed by atoms with E-state index < -0.39 is 10.7 Å². The van der Waals surface area contributed by atoms with Gasteiger partial charge >= 0.3 is 0 Å². The summed E-state index contributed by atoms with van der Waals surface area (Å²) in [6, 6.07) is 10.1. The maximum Gasteiger partial charge on any atom is 0.293 e. The van der Waals surface area contributed by atoms with Crippen molar-refractivity contribution in [3.8, 4) is 5.75 Å². The minimum absolute atomic E-state index is 0.123. The molecule has 0 aliphatic rings. The first-order valence-electron chi connectivity index (χ1n) is 5.72. The maximum absolute atomic E-state index is 13.0. The Bertz CT molecular complexity index is 634. The van der Waals surface area contributed by atoms with Gasteiger partial charge in [0.2, 0.25) is 0 Å². The summed E-state index contributed by atoms with van der Waals surface area (Å²) in [7, 11) is 0. The highest BCUT2D eigenvalue weighted by molar-refractivity contribution is 5.62. The summed E-state index contributed by atoms with van der Waals surface area (Å²) in [5, 5.41) is 10.7. The molecule has 2 rings (SSSR count). The molecule has 0 spiro atoms. The molecule has 0 aromatic heterocycles. The normalized spacial score (nSPS) is 10.1. The standard InChI is InChI=1S/C13H12FN3O3/c14-10-2-1-3-11(7-10)20-8-9-4-5-13(17(18)19)12(6-9)16-15/h1-7,16H,8,15H2. The molecular weight excluding hydrogens is 265 g/mol. The highest BCUT2D eigenvalue weighted by Gasteiger charge is 2.13. The van der Waals surface area contributed by atoms with Crippen molar-refractivity contribution in [2.24, 2.45) is 5.84 Å². The first-order chi connectivity index (χ1) is 9.60. The number of nitro groups is 1. The van der Waals surface area contributed by atoms with E-state index in [0.29, 0.717) is 11.3 Å². The number of benzene rings is 2. The van der Waals surface area contributed by atoms with Gasteiger partial charge in [0, 0.05) is 12.1 Å². The molecule has 0 amide bonds. The second-order valence-electron chi connectivity index (χ2n) is 4.00. The van der Waals surface area contributed by atoms with Gasteiger partial charge in [0.15, 0.2) is 0 Å². The van der Waals surface area contributed by atoms with Crippen LogP contribution in [0.3, 0.4) is 0 Å². The Morgan fingerprint density at radius 3 is 2.75 bits per heavy atom. The fourth-order valence-corrected chi connectivity index (χ4v) is 1.67. The van der Waals surface area contributed by atoms with E-state index >= 15 is 0 Å². The molecule has 0 saturated carbocycles. The Morgan fingerprint density at radius 2 is 2.10 bits per heavy atom. The summed E-state index contributed by atoms with van der Waals surface area (Å²) in [5.74, 6) is 5.23. The minimum Gasteiger partial charge on any atom is -0.489 e. The number of hydrogen-bond donors (Lipinski definition) is 2. The predicted molar refractivity (Wildman–Crippen MR) is 71.6 cm³/mol. The number of nitrogens with two attached hydrogens (primary N) is 1. The van der Waals surface area contributed by atoms with Crippen LogP contribution in [0.4, 0.5) is 15.8 Å². The van der Waals surface area contributed by atoms with Crippen molar-refractivity contribution >= 4 is 11.4 Å². The van der Waals surface area contributed by atoms with Crippen LogP contribution in [-0.4, -0.2) is 4.92 Å². The number of halogens is 1. The zero-order chi connectivity index (χ0) is 14.5. The molecule has 0 heterocycles. The van der Waals surface area contributed by atoms with E-state index in [1.807, 2.05) is 0 Å². The van der Waals surface area contributed by atoms with Gasteiger partial charge in [-0.15, -0.1) is 0 Å². The Morgan fingerprint density at radius 1 is 1.30 bits per heavy atom. The fourth-order valence-electron chi connectivity index (χ4n) is 1.67. The van der Waals surface area contributed by atoms with Gasteiger partial charge in [-0.1, -0.05) is 6.07 Å². The summed E-state index contributed by atoms with van der Waals surface area (Å²) in [5.41, 5.74) is 3.01. The SMILES string of the molecule is NNc1cc(COc2cccc(F)c2)ccc1[N+](=O)[O-]. The van der Waals surface area contributed by atoms with E-state index in [1.165, 1.54) is 30.3 Å². The molecule has 2 aromatic carbocycles. The van der Waals surface area contributed by atoms with Crippen molar-refractivity contribution in [3.63, 3.8) is 0 Å². The molecule has 0 saturated heterocycles. The van der Waals surface area contributed by atoms with E-state index in [-0.39, 0.29) is 18.0 Å². The van der Waals surface area contributed by atoms with Gasteiger partial charge in [0.1, 0.15) is 23.9 Å². The number of rotatable bonds is 5. The molecule has 0 unspecified atom stereocenters. The third-order valence-corrected chi connectivity index (χ3v) is 2.61. The third-order valence-electron chi connectivity index (χ3n) is 2.61. The lowest BCUT2D eigenvalue weighted by molar-refractivity contribution is -0.384. The highest BCUT2D eigenvalue weighted by atomic mass is 19.1. The number of nitrogens with zero attached hydrogens (tertiary/aromatic N) is 1. The smallest absolute Gasteiger partial charge is 0.293 e. The lowest BCUT2D eigenvalue weighted by Gasteiger charge is -2.08. The largest absolute Gasteiger partial charge is 0.489 e. The molecule has 6 nitrogen and oxygen atoms in total. The highest BCUT2D eigenvalue weighted by Crippen LogP contribution is 2.25. The van der Waals surface area contributed by atoms with Crippen molar-refractivity contribution in [1.29, 1.82) is 0 Å². The molecule has 0 atom stereocenters. The number of nitrogen functional groups attached to an aromatic ring is 1. The van der Waals surface area contributed by atoms with Gasteiger partial charge in [-0.3, -0.25) is 16.0 Å². The molecule has 0 aliphatic heterocycles. The van der Waals surface area contributed by atoms with Crippen molar-refractivity contribution in [2.75, 3.05) is 5.43 Å². The number of anilines is 1. The van der Waals surface area contributed by atoms with Gasteiger partial charge < -0.3 is 10.2 Å². The van der Waals surface area contributed by atoms with E-state index in [0.717, 1.165) is 0 Å². The van der Waals surface area contributed by atoms with E-state index in [2.05, 4.69) is 5.43 Å². The number of ether oxygens (including phenoxy) is 1. The lowest BCUT2D eigenvalue weighted by atomic mass is 10.2. The van der Waals surface area contributed by atoms with Crippen LogP contribution in [-0.2, 0) is 6.61 Å². The van der Waals surface area contributed by atoms with E-state index in [9.17, 15) is 14.5 Å². The third kappa shape index (κ3) is 3.21. The van der Waals surface area contributed by atoms with Crippen LogP contribution in [0.15, 0.2) is 42.5 Å². The topological polar surface area (TPSA) is 90.4 Å². The molecule has 20 heavy (non-hydrogen) atoms. The van der Waals surface area contributed by atoms with Crippen LogP contribution in [0.5, 0.6) is 5.75 Å². The van der Waals surface area contributed by atoms with Gasteiger partial charge in [0.05, 0.1) is 4.92 Å². The molecule has 104 valence electrons. The Labute approximate surface area is 114 Å². The quantitative estimate of drug-likeness (QED) is 0.498. The molecular formula is C13H12FN3O3. The average Bonchev–Trinajstić information content (AvgIpc) is 2.44. The summed E-state index contributed by atoms with van der Waals surface area (Å²) >= 11 is 0. The van der Waals surface area contributed by atoms with Gasteiger partial charge in [-0.25, -0.2) is 4.39 Å². The average molecular weight is 277 g/mol. The summed E-state index contributed by atoms with van der Waals surface area (Å²) < 4.78 is 18.4. The van der Waals surface area contributed by atoms with Crippen LogP contribution in [0.2, 0.25) is 0 Å². The molecule has 2 aromatic rings. The lowest BCUT2D eigenvalue weighted by Crippen LogP contribution is -2.09. The molecule has 3 N–H and O–H groups in total. The fraction of sp³-hybridized carbons (Fsp3) is 0.0769. The number of hydrogen-bond acceptors (Lipinski definition) is 5. The van der Waals surface area contributed by atoms with Crippen molar-refractivity contribution in [2.45, 2.75) is 6.61 Å². The van der Waals surface area contributed by atoms with E-state index in [1.54, 1.807) is 12.1 Å². The summed E-state index contributed by atoms with van der Waals surface area (Å²) in [4.78, 5) is 10.2. The van der Waals surface area contributed by atoms with Crippen molar-refractivity contribution in [1.82, 2.24) is 0 Å². The Hall–Kier alpha value is -2.67.